The van der Waals surface area contributed by atoms with Gasteiger partial charge in [0, 0.05) is 29.6 Å². The second-order valence-corrected chi connectivity index (χ2v) is 4.94. The fraction of sp³-hybridized carbons (Fsp3) is 1.00. The third-order valence-corrected chi connectivity index (χ3v) is 3.18. The van der Waals surface area contributed by atoms with E-state index in [4.69, 9.17) is 25.4 Å². The zero-order valence-electron chi connectivity index (χ0n) is 6.36. The minimum atomic E-state index is -2.22. The maximum Gasteiger partial charge on any atom is 0.331 e. The molecule has 1 radical (unpaired) electrons. The molecule has 1 fully saturated rings. The predicted octanol–water partition coefficient (Wildman–Crippen LogP) is 1.26. The zero-order valence-corrected chi connectivity index (χ0v) is 10.1. The fourth-order valence-corrected chi connectivity index (χ4v) is 2.15. The summed E-state index contributed by atoms with van der Waals surface area (Å²) in [6.45, 7) is 1.88. The topological polar surface area (TPSA) is 27.7 Å². The molecular weight excluding hydrogens is 182 g/mol. The molecule has 10 heavy (non-hydrogen) atoms. The van der Waals surface area contributed by atoms with Crippen LogP contribution in [-0.4, -0.2) is 42.5 Å². The largest absolute Gasteiger partial charge is 0.331 e. The minimum Gasteiger partial charge on any atom is -0.306 e. The van der Waals surface area contributed by atoms with Gasteiger partial charge in [0.05, 0.1) is 6.10 Å². The molecule has 1 aliphatic heterocycles. The van der Waals surface area contributed by atoms with E-state index in [-0.39, 0.29) is 35.7 Å². The summed E-state index contributed by atoms with van der Waals surface area (Å²) >= 11 is 4.85. The quantitative estimate of drug-likeness (QED) is 0.485. The maximum absolute atomic E-state index is 5.16. The van der Waals surface area contributed by atoms with Gasteiger partial charge >= 0.3 is 6.72 Å². The molecule has 0 unspecified atom stereocenters. The first-order valence-corrected chi connectivity index (χ1v) is 5.25. The van der Waals surface area contributed by atoms with Gasteiger partial charge < -0.3 is 4.52 Å². The van der Waals surface area contributed by atoms with Crippen molar-refractivity contribution in [1.82, 2.24) is 0 Å². The zero-order chi connectivity index (χ0) is 6.91. The summed E-state index contributed by atoms with van der Waals surface area (Å²) in [5.74, 6) is 0. The van der Waals surface area contributed by atoms with Gasteiger partial charge in [-0.2, -0.15) is 0 Å². The second-order valence-electron chi connectivity index (χ2n) is 1.98. The van der Waals surface area contributed by atoms with Crippen molar-refractivity contribution in [2.24, 2.45) is 0 Å². The summed E-state index contributed by atoms with van der Waals surface area (Å²) in [6.07, 6.45) is 0.0936. The van der Waals surface area contributed by atoms with Gasteiger partial charge in [-0.15, -0.1) is 0 Å². The SMILES string of the molecule is CC(C)OP1(=S)OCO1.[Na]. The molecule has 6 heteroatoms. The summed E-state index contributed by atoms with van der Waals surface area (Å²) in [4.78, 5) is 0. The molecule has 0 aliphatic carbocycles. The molecule has 0 bridgehead atoms. The molecule has 0 N–H and O–H groups in total. The molecule has 0 atom stereocenters. The molecule has 0 spiro atoms. The molecule has 55 valence electrons. The molecule has 1 aliphatic rings. The van der Waals surface area contributed by atoms with Crippen LogP contribution in [0.3, 0.4) is 0 Å². The van der Waals surface area contributed by atoms with Gasteiger partial charge in [-0.1, -0.05) is 0 Å². The molecule has 0 saturated carbocycles. The molecule has 0 aromatic heterocycles. The van der Waals surface area contributed by atoms with Crippen molar-refractivity contribution in [2.75, 3.05) is 6.79 Å². The molecule has 1 saturated heterocycles. The average Bonchev–Trinajstić information content (AvgIpc) is 1.60. The Morgan fingerprint density at radius 1 is 1.50 bits per heavy atom. The Kier molecular flexibility index (Phi) is 5.22. The Morgan fingerprint density at radius 3 is 2.10 bits per heavy atom. The first kappa shape index (κ1) is 11.5. The number of hydrogen-bond acceptors (Lipinski definition) is 4. The minimum absolute atomic E-state index is 0. The van der Waals surface area contributed by atoms with Crippen LogP contribution in [0.2, 0.25) is 0 Å². The maximum atomic E-state index is 5.16. The van der Waals surface area contributed by atoms with E-state index in [0.29, 0.717) is 6.79 Å². The molecular formula is C4H9NaO3PS. The fourth-order valence-electron chi connectivity index (χ4n) is 0.458. The van der Waals surface area contributed by atoms with Crippen LogP contribution in [0.4, 0.5) is 0 Å². The van der Waals surface area contributed by atoms with Gasteiger partial charge in [0.1, 0.15) is 0 Å². The van der Waals surface area contributed by atoms with E-state index in [1.807, 2.05) is 13.8 Å². The van der Waals surface area contributed by atoms with Gasteiger partial charge in [-0.3, -0.25) is 9.05 Å². The van der Waals surface area contributed by atoms with E-state index < -0.39 is 6.72 Å². The van der Waals surface area contributed by atoms with Gasteiger partial charge in [0.15, 0.2) is 6.79 Å². The normalized spacial score (nSPS) is 21.5. The average molecular weight is 191 g/mol. The van der Waals surface area contributed by atoms with Gasteiger partial charge in [0.25, 0.3) is 0 Å². The molecule has 1 heterocycles. The summed E-state index contributed by atoms with van der Waals surface area (Å²) in [5.41, 5.74) is 0. The molecule has 3 nitrogen and oxygen atoms in total. The van der Waals surface area contributed by atoms with Crippen LogP contribution in [0, 0.1) is 0 Å². The van der Waals surface area contributed by atoms with Crippen LogP contribution in [0.25, 0.3) is 0 Å². The van der Waals surface area contributed by atoms with E-state index >= 15 is 0 Å². The Bertz CT molecular complexity index is 143. The second kappa shape index (κ2) is 4.53. The van der Waals surface area contributed by atoms with Crippen molar-refractivity contribution in [3.63, 3.8) is 0 Å². The van der Waals surface area contributed by atoms with Crippen molar-refractivity contribution >= 4 is 48.1 Å². The Morgan fingerprint density at radius 2 is 2.00 bits per heavy atom. The van der Waals surface area contributed by atoms with E-state index in [9.17, 15) is 0 Å². The summed E-state index contributed by atoms with van der Waals surface area (Å²) in [7, 11) is 0. The van der Waals surface area contributed by atoms with Crippen molar-refractivity contribution in [3.8, 4) is 0 Å². The van der Waals surface area contributed by atoms with Crippen molar-refractivity contribution in [1.29, 1.82) is 0 Å². The Labute approximate surface area is 88.0 Å². The van der Waals surface area contributed by atoms with E-state index in [0.717, 1.165) is 0 Å². The van der Waals surface area contributed by atoms with Gasteiger partial charge in [0.2, 0.25) is 0 Å². The van der Waals surface area contributed by atoms with Crippen molar-refractivity contribution in [3.05, 3.63) is 0 Å². The van der Waals surface area contributed by atoms with Crippen molar-refractivity contribution in [2.45, 2.75) is 20.0 Å². The van der Waals surface area contributed by atoms with Crippen LogP contribution in [-0.2, 0) is 25.4 Å². The van der Waals surface area contributed by atoms with Crippen LogP contribution >= 0.6 is 6.72 Å². The van der Waals surface area contributed by atoms with E-state index in [1.165, 1.54) is 0 Å². The van der Waals surface area contributed by atoms with Crippen LogP contribution in [0.15, 0.2) is 0 Å². The molecule has 0 amide bonds. The first-order chi connectivity index (χ1) is 4.12. The third-order valence-electron chi connectivity index (χ3n) is 0.762. The van der Waals surface area contributed by atoms with Gasteiger partial charge in [-0.05, 0) is 25.7 Å². The summed E-state index contributed by atoms with van der Waals surface area (Å²) in [6, 6.07) is 0. The number of hydrogen-bond donors (Lipinski definition) is 0. The van der Waals surface area contributed by atoms with Crippen LogP contribution < -0.4 is 0 Å². The predicted molar refractivity (Wildman–Crippen MR) is 43.3 cm³/mol. The van der Waals surface area contributed by atoms with E-state index in [2.05, 4.69) is 0 Å². The van der Waals surface area contributed by atoms with Crippen molar-refractivity contribution < 1.29 is 13.6 Å². The summed E-state index contributed by atoms with van der Waals surface area (Å²) < 4.78 is 15.0. The van der Waals surface area contributed by atoms with Gasteiger partial charge in [-0.25, -0.2) is 0 Å². The van der Waals surface area contributed by atoms with Crippen LogP contribution in [0.5, 0.6) is 0 Å². The van der Waals surface area contributed by atoms with E-state index in [1.54, 1.807) is 0 Å². The smallest absolute Gasteiger partial charge is 0.306 e. The molecule has 0 aromatic carbocycles. The Hall–Kier alpha value is 1.53. The standard InChI is InChI=1S/C4H9O3PS.Na/c1-4(2)7-8(9)5-3-6-8;/h4H,3H2,1-2H3;. The van der Waals surface area contributed by atoms with Crippen LogP contribution in [0.1, 0.15) is 13.8 Å². The monoisotopic (exact) mass is 191 g/mol. The first-order valence-electron chi connectivity index (χ1n) is 2.70. The Balaban J connectivity index is 0.000000810. The molecule has 0 aromatic rings. The number of rotatable bonds is 2. The molecule has 1 rings (SSSR count). The third kappa shape index (κ3) is 3.28. The summed E-state index contributed by atoms with van der Waals surface area (Å²) in [5, 5.41) is 0.